The fourth-order valence-corrected chi connectivity index (χ4v) is 3.12. The molecule has 1 saturated carbocycles. The van der Waals surface area contributed by atoms with Crippen LogP contribution in [0.15, 0.2) is 24.3 Å². The fraction of sp³-hybridized carbons (Fsp3) is 0.500. The van der Waals surface area contributed by atoms with Crippen molar-refractivity contribution in [3.63, 3.8) is 0 Å². The lowest BCUT2D eigenvalue weighted by Gasteiger charge is -2.19. The van der Waals surface area contributed by atoms with Crippen molar-refractivity contribution < 1.29 is 9.00 Å². The molecule has 1 aromatic rings. The van der Waals surface area contributed by atoms with Crippen LogP contribution in [0.2, 0.25) is 0 Å². The molecule has 0 heterocycles. The van der Waals surface area contributed by atoms with Gasteiger partial charge in [0.2, 0.25) is 5.91 Å². The quantitative estimate of drug-likeness (QED) is 0.796. The molecule has 2 rings (SSSR count). The molecule has 19 heavy (non-hydrogen) atoms. The highest BCUT2D eigenvalue weighted by Gasteiger charge is 2.51. The zero-order valence-electron chi connectivity index (χ0n) is 11.3. The second-order valence-electron chi connectivity index (χ2n) is 5.32. The maximum atomic E-state index is 12.4. The number of benzene rings is 1. The van der Waals surface area contributed by atoms with E-state index in [0.29, 0.717) is 11.4 Å². The smallest absolute Gasteiger partial charge is 0.230 e. The van der Waals surface area contributed by atoms with E-state index in [-0.39, 0.29) is 11.9 Å². The first-order chi connectivity index (χ1) is 8.94. The van der Waals surface area contributed by atoms with E-state index in [4.69, 9.17) is 5.73 Å². The number of nitrogens with one attached hydrogen (secondary N) is 1. The van der Waals surface area contributed by atoms with Crippen molar-refractivity contribution in [3.05, 3.63) is 29.8 Å². The summed E-state index contributed by atoms with van der Waals surface area (Å²) in [6, 6.07) is 7.43. The third-order valence-electron chi connectivity index (χ3n) is 3.51. The Bertz CT molecular complexity index is 495. The van der Waals surface area contributed by atoms with Crippen molar-refractivity contribution in [2.45, 2.75) is 31.2 Å². The molecular weight excluding hydrogens is 260 g/mol. The van der Waals surface area contributed by atoms with Crippen molar-refractivity contribution in [2.75, 3.05) is 17.7 Å². The number of rotatable bonds is 5. The van der Waals surface area contributed by atoms with Gasteiger partial charge in [0.1, 0.15) is 0 Å². The van der Waals surface area contributed by atoms with Crippen LogP contribution in [-0.2, 0) is 21.0 Å². The minimum atomic E-state index is -0.897. The van der Waals surface area contributed by atoms with Crippen LogP contribution in [0.3, 0.4) is 0 Å². The Morgan fingerprint density at radius 3 is 2.47 bits per heavy atom. The summed E-state index contributed by atoms with van der Waals surface area (Å²) in [7, 11) is -0.897. The molecule has 0 aliphatic heterocycles. The number of hydrogen-bond acceptors (Lipinski definition) is 3. The van der Waals surface area contributed by atoms with Gasteiger partial charge in [-0.05, 0) is 37.5 Å². The van der Waals surface area contributed by atoms with Crippen LogP contribution < -0.4 is 11.1 Å². The summed E-state index contributed by atoms with van der Waals surface area (Å²) in [5.41, 5.74) is 7.00. The van der Waals surface area contributed by atoms with E-state index in [2.05, 4.69) is 5.32 Å². The Hall–Kier alpha value is -1.36. The van der Waals surface area contributed by atoms with Gasteiger partial charge >= 0.3 is 0 Å². The lowest BCUT2D eigenvalue weighted by molar-refractivity contribution is -0.124. The summed E-state index contributed by atoms with van der Waals surface area (Å²) >= 11 is 0. The van der Waals surface area contributed by atoms with Crippen LogP contribution in [0.1, 0.15) is 25.3 Å². The van der Waals surface area contributed by atoms with Gasteiger partial charge in [-0.15, -0.1) is 0 Å². The molecule has 0 saturated heterocycles. The van der Waals surface area contributed by atoms with Gasteiger partial charge in [0, 0.05) is 34.5 Å². The van der Waals surface area contributed by atoms with Crippen molar-refractivity contribution in [2.24, 2.45) is 0 Å². The fourth-order valence-electron chi connectivity index (χ4n) is 2.33. The topological polar surface area (TPSA) is 72.2 Å². The molecule has 1 amide bonds. The highest BCUT2D eigenvalue weighted by Crippen LogP contribution is 2.48. The molecule has 0 radical (unpaired) electrons. The molecule has 0 bridgehead atoms. The molecule has 1 fully saturated rings. The van der Waals surface area contributed by atoms with Gasteiger partial charge < -0.3 is 11.1 Å². The van der Waals surface area contributed by atoms with Crippen molar-refractivity contribution >= 4 is 22.4 Å². The van der Waals surface area contributed by atoms with Gasteiger partial charge in [-0.25, -0.2) is 0 Å². The molecule has 1 aliphatic carbocycles. The molecule has 0 spiro atoms. The van der Waals surface area contributed by atoms with Crippen LogP contribution >= 0.6 is 0 Å². The third-order valence-corrected chi connectivity index (χ3v) is 4.48. The number of hydrogen-bond donors (Lipinski definition) is 2. The van der Waals surface area contributed by atoms with Gasteiger partial charge in [-0.3, -0.25) is 9.00 Å². The lowest BCUT2D eigenvalue weighted by Crippen LogP contribution is -2.42. The standard InChI is InChI=1S/C14H20N2O2S/c1-10(9-19(2)18)16-13(17)14(7-8-14)11-3-5-12(15)6-4-11/h3-6,10H,7-9,15H2,1-2H3,(H,16,17). The first-order valence-corrected chi connectivity index (χ1v) is 8.14. The Labute approximate surface area is 116 Å². The summed E-state index contributed by atoms with van der Waals surface area (Å²) in [5.74, 6) is 0.527. The molecule has 5 heteroatoms. The van der Waals surface area contributed by atoms with Gasteiger partial charge in [-0.1, -0.05) is 12.1 Å². The zero-order valence-corrected chi connectivity index (χ0v) is 12.1. The van der Waals surface area contributed by atoms with E-state index in [1.807, 2.05) is 31.2 Å². The van der Waals surface area contributed by atoms with Crippen LogP contribution in [-0.4, -0.2) is 28.2 Å². The largest absolute Gasteiger partial charge is 0.399 e. The number of carbonyl (C=O) groups is 1. The van der Waals surface area contributed by atoms with Crippen molar-refractivity contribution in [1.82, 2.24) is 5.32 Å². The van der Waals surface area contributed by atoms with E-state index >= 15 is 0 Å². The van der Waals surface area contributed by atoms with Crippen LogP contribution in [0.4, 0.5) is 5.69 Å². The minimum absolute atomic E-state index is 0.0372. The van der Waals surface area contributed by atoms with E-state index in [1.165, 1.54) is 0 Å². The Morgan fingerprint density at radius 2 is 2.00 bits per heavy atom. The minimum Gasteiger partial charge on any atom is -0.399 e. The van der Waals surface area contributed by atoms with E-state index in [0.717, 1.165) is 18.4 Å². The monoisotopic (exact) mass is 280 g/mol. The van der Waals surface area contributed by atoms with Crippen LogP contribution in [0.25, 0.3) is 0 Å². The molecule has 104 valence electrons. The van der Waals surface area contributed by atoms with Crippen LogP contribution in [0.5, 0.6) is 0 Å². The summed E-state index contributed by atoms with van der Waals surface area (Å²) in [6.07, 6.45) is 3.38. The molecule has 1 aromatic carbocycles. The average molecular weight is 280 g/mol. The highest BCUT2D eigenvalue weighted by atomic mass is 32.2. The SMILES string of the molecule is CC(CS(C)=O)NC(=O)C1(c2ccc(N)cc2)CC1. The second-order valence-corrected chi connectivity index (χ2v) is 6.80. The maximum Gasteiger partial charge on any atom is 0.230 e. The van der Waals surface area contributed by atoms with Gasteiger partial charge in [-0.2, -0.15) is 0 Å². The molecule has 4 nitrogen and oxygen atoms in total. The lowest BCUT2D eigenvalue weighted by atomic mass is 9.94. The number of anilines is 1. The Kier molecular flexibility index (Phi) is 3.94. The molecule has 2 unspecified atom stereocenters. The van der Waals surface area contributed by atoms with E-state index in [1.54, 1.807) is 6.26 Å². The zero-order chi connectivity index (χ0) is 14.0. The number of carbonyl (C=O) groups excluding carboxylic acids is 1. The second kappa shape index (κ2) is 5.33. The molecule has 3 N–H and O–H groups in total. The van der Waals surface area contributed by atoms with Gasteiger partial charge in [0.05, 0.1) is 5.41 Å². The summed E-state index contributed by atoms with van der Waals surface area (Å²) < 4.78 is 11.2. The van der Waals surface area contributed by atoms with Crippen molar-refractivity contribution in [3.8, 4) is 0 Å². The Morgan fingerprint density at radius 1 is 1.42 bits per heavy atom. The number of nitrogens with two attached hydrogens (primary N) is 1. The predicted molar refractivity (Wildman–Crippen MR) is 78.3 cm³/mol. The summed E-state index contributed by atoms with van der Waals surface area (Å²) in [5, 5.41) is 2.96. The summed E-state index contributed by atoms with van der Waals surface area (Å²) in [4.78, 5) is 12.4. The van der Waals surface area contributed by atoms with Crippen LogP contribution in [0, 0.1) is 0 Å². The highest BCUT2D eigenvalue weighted by molar-refractivity contribution is 7.84. The first-order valence-electron chi connectivity index (χ1n) is 6.41. The predicted octanol–water partition coefficient (Wildman–Crippen LogP) is 1.18. The van der Waals surface area contributed by atoms with Gasteiger partial charge in [0.15, 0.2) is 0 Å². The maximum absolute atomic E-state index is 12.4. The molecule has 1 aliphatic rings. The summed E-state index contributed by atoms with van der Waals surface area (Å²) in [6.45, 7) is 1.89. The average Bonchev–Trinajstić information content (AvgIpc) is 3.09. The van der Waals surface area contributed by atoms with Crippen molar-refractivity contribution in [1.29, 1.82) is 0 Å². The number of amides is 1. The third kappa shape index (κ3) is 3.15. The van der Waals surface area contributed by atoms with E-state index < -0.39 is 16.2 Å². The normalized spacial score (nSPS) is 19.5. The van der Waals surface area contributed by atoms with Gasteiger partial charge in [0.25, 0.3) is 0 Å². The molecular formula is C14H20N2O2S. The first kappa shape index (κ1) is 14.1. The van der Waals surface area contributed by atoms with E-state index in [9.17, 15) is 9.00 Å². The molecule has 2 atom stereocenters. The Balaban J connectivity index is 2.06. The molecule has 0 aromatic heterocycles. The number of nitrogen functional groups attached to an aromatic ring is 1.